The number of carbonyl (C=O) groups is 3. The van der Waals surface area contributed by atoms with E-state index in [9.17, 15) is 14.4 Å². The molecule has 0 saturated carbocycles. The van der Waals surface area contributed by atoms with E-state index in [2.05, 4.69) is 5.32 Å². The van der Waals surface area contributed by atoms with Crippen LogP contribution in [-0.2, 0) is 9.53 Å². The van der Waals surface area contributed by atoms with Crippen molar-refractivity contribution in [2.45, 2.75) is 6.04 Å². The summed E-state index contributed by atoms with van der Waals surface area (Å²) in [5.74, 6) is 0.0597. The van der Waals surface area contributed by atoms with Gasteiger partial charge in [0.15, 0.2) is 0 Å². The fourth-order valence-electron chi connectivity index (χ4n) is 1.87. The van der Waals surface area contributed by atoms with E-state index in [1.165, 1.54) is 4.90 Å². The smallest absolute Gasteiger partial charge is 0.317 e. The van der Waals surface area contributed by atoms with E-state index in [0.717, 1.165) is 11.8 Å². The summed E-state index contributed by atoms with van der Waals surface area (Å²) in [6, 6.07) is -0.344. The summed E-state index contributed by atoms with van der Waals surface area (Å²) in [5.41, 5.74) is 0. The molecule has 0 unspecified atom stereocenters. The van der Waals surface area contributed by atoms with Crippen molar-refractivity contribution in [1.29, 1.82) is 0 Å². The van der Waals surface area contributed by atoms with Gasteiger partial charge in [0, 0.05) is 26.7 Å². The van der Waals surface area contributed by atoms with Gasteiger partial charge < -0.3 is 15.0 Å². The van der Waals surface area contributed by atoms with Gasteiger partial charge in [-0.1, -0.05) is 11.8 Å². The Kier molecular flexibility index (Phi) is 4.07. The maximum atomic E-state index is 11.6. The lowest BCUT2D eigenvalue weighted by atomic mass is 10.1. The second-order valence-corrected chi connectivity index (χ2v) is 5.03. The summed E-state index contributed by atoms with van der Waals surface area (Å²) in [7, 11) is 1.56. The lowest BCUT2D eigenvalue weighted by Gasteiger charge is -2.42. The molecule has 2 rings (SSSR count). The molecule has 0 aliphatic carbocycles. The normalized spacial score (nSPS) is 20.3. The minimum absolute atomic E-state index is 0.158. The minimum Gasteiger partial charge on any atom is -0.383 e. The van der Waals surface area contributed by atoms with E-state index in [1.54, 1.807) is 12.0 Å². The first-order valence-corrected chi connectivity index (χ1v) is 6.62. The van der Waals surface area contributed by atoms with Crippen LogP contribution < -0.4 is 5.32 Å². The van der Waals surface area contributed by atoms with Crippen LogP contribution in [-0.4, -0.2) is 72.1 Å². The van der Waals surface area contributed by atoms with Gasteiger partial charge in [0.25, 0.3) is 5.24 Å². The molecular formula is C10H15N3O4S. The van der Waals surface area contributed by atoms with E-state index in [1.807, 2.05) is 0 Å². The van der Waals surface area contributed by atoms with Gasteiger partial charge in [0.05, 0.1) is 18.4 Å². The number of hydrogen-bond donors (Lipinski definition) is 1. The molecule has 1 N–H and O–H groups in total. The molecule has 7 nitrogen and oxygen atoms in total. The first-order valence-electron chi connectivity index (χ1n) is 5.64. The molecular weight excluding hydrogens is 258 g/mol. The van der Waals surface area contributed by atoms with Gasteiger partial charge >= 0.3 is 6.03 Å². The fraction of sp³-hybridized carbons (Fsp3) is 0.700. The Morgan fingerprint density at radius 3 is 2.78 bits per heavy atom. The third-order valence-corrected chi connectivity index (χ3v) is 3.72. The van der Waals surface area contributed by atoms with Crippen molar-refractivity contribution in [2.24, 2.45) is 0 Å². The highest BCUT2D eigenvalue weighted by Crippen LogP contribution is 2.25. The minimum atomic E-state index is -0.204. The molecule has 2 saturated heterocycles. The van der Waals surface area contributed by atoms with Crippen LogP contribution in [0.25, 0.3) is 0 Å². The number of urea groups is 1. The SMILES string of the molecule is COCCNC(=O)N1CC(N2C(=O)CSC2=O)C1. The molecule has 0 radical (unpaired) electrons. The molecule has 0 aromatic heterocycles. The Labute approximate surface area is 109 Å². The number of methoxy groups -OCH3 is 1. The van der Waals surface area contributed by atoms with Gasteiger partial charge in [-0.05, 0) is 0 Å². The summed E-state index contributed by atoms with van der Waals surface area (Å²) in [6.07, 6.45) is 0. The van der Waals surface area contributed by atoms with E-state index in [4.69, 9.17) is 4.74 Å². The van der Waals surface area contributed by atoms with Crippen molar-refractivity contribution in [2.75, 3.05) is 39.1 Å². The molecule has 2 fully saturated rings. The van der Waals surface area contributed by atoms with Crippen LogP contribution in [0.5, 0.6) is 0 Å². The van der Waals surface area contributed by atoms with Crippen LogP contribution in [0.1, 0.15) is 0 Å². The number of thioether (sulfide) groups is 1. The first-order chi connectivity index (χ1) is 8.63. The van der Waals surface area contributed by atoms with Crippen LogP contribution in [0.3, 0.4) is 0 Å². The Balaban J connectivity index is 1.75. The highest BCUT2D eigenvalue weighted by molar-refractivity contribution is 8.14. The Morgan fingerprint density at radius 2 is 2.22 bits per heavy atom. The first kappa shape index (κ1) is 13.2. The molecule has 2 aliphatic rings. The third kappa shape index (κ3) is 2.59. The van der Waals surface area contributed by atoms with Crippen LogP contribution in [0, 0.1) is 0 Å². The quantitative estimate of drug-likeness (QED) is 0.713. The molecule has 4 amide bonds. The van der Waals surface area contributed by atoms with Gasteiger partial charge in [-0.15, -0.1) is 0 Å². The van der Waals surface area contributed by atoms with Crippen molar-refractivity contribution in [3.63, 3.8) is 0 Å². The topological polar surface area (TPSA) is 79.0 Å². The molecule has 2 heterocycles. The highest BCUT2D eigenvalue weighted by atomic mass is 32.2. The molecule has 0 spiro atoms. The number of carbonyl (C=O) groups excluding carboxylic acids is 3. The van der Waals surface area contributed by atoms with Crippen LogP contribution in [0.15, 0.2) is 0 Å². The largest absolute Gasteiger partial charge is 0.383 e. The summed E-state index contributed by atoms with van der Waals surface area (Å²) in [6.45, 7) is 1.74. The molecule has 8 heteroatoms. The molecule has 18 heavy (non-hydrogen) atoms. The highest BCUT2D eigenvalue weighted by Gasteiger charge is 2.43. The zero-order chi connectivity index (χ0) is 13.1. The van der Waals surface area contributed by atoms with E-state index in [0.29, 0.717) is 26.2 Å². The maximum absolute atomic E-state index is 11.6. The fourth-order valence-corrected chi connectivity index (χ4v) is 2.65. The molecule has 2 aliphatic heterocycles. The number of nitrogens with one attached hydrogen (secondary N) is 1. The predicted octanol–water partition coefficient (Wildman–Crippen LogP) is -0.278. The Hall–Kier alpha value is -1.28. The van der Waals surface area contributed by atoms with Crippen molar-refractivity contribution in [3.05, 3.63) is 0 Å². The molecule has 0 atom stereocenters. The predicted molar refractivity (Wildman–Crippen MR) is 65.3 cm³/mol. The number of imide groups is 1. The van der Waals surface area contributed by atoms with Gasteiger partial charge in [-0.25, -0.2) is 4.79 Å². The van der Waals surface area contributed by atoms with Crippen molar-refractivity contribution >= 4 is 28.9 Å². The number of amides is 4. The second kappa shape index (κ2) is 5.57. The molecule has 100 valence electrons. The molecule has 0 bridgehead atoms. The summed E-state index contributed by atoms with van der Waals surface area (Å²) in [5, 5.41) is 2.48. The summed E-state index contributed by atoms with van der Waals surface area (Å²) >= 11 is 1.02. The Bertz CT molecular complexity index is 354. The average molecular weight is 273 g/mol. The standard InChI is InChI=1S/C10H15N3O4S/c1-17-3-2-11-9(15)12-4-7(5-12)13-8(14)6-18-10(13)16/h7H,2-6H2,1H3,(H,11,15). The number of likely N-dealkylation sites (tertiary alicyclic amines) is 1. The van der Waals surface area contributed by atoms with Crippen molar-refractivity contribution in [1.82, 2.24) is 15.1 Å². The van der Waals surface area contributed by atoms with Crippen LogP contribution in [0.2, 0.25) is 0 Å². The number of ether oxygens (including phenoxy) is 1. The van der Waals surface area contributed by atoms with Crippen molar-refractivity contribution < 1.29 is 19.1 Å². The van der Waals surface area contributed by atoms with Gasteiger partial charge in [-0.2, -0.15) is 0 Å². The van der Waals surface area contributed by atoms with Crippen LogP contribution in [0.4, 0.5) is 9.59 Å². The van der Waals surface area contributed by atoms with Crippen LogP contribution >= 0.6 is 11.8 Å². The van der Waals surface area contributed by atoms with Gasteiger partial charge in [0.1, 0.15) is 0 Å². The lowest BCUT2D eigenvalue weighted by Crippen LogP contribution is -2.63. The second-order valence-electron chi connectivity index (χ2n) is 4.10. The number of rotatable bonds is 4. The molecule has 0 aromatic carbocycles. The number of nitrogens with zero attached hydrogens (tertiary/aromatic N) is 2. The monoisotopic (exact) mass is 273 g/mol. The summed E-state index contributed by atoms with van der Waals surface area (Å²) in [4.78, 5) is 37.3. The van der Waals surface area contributed by atoms with E-state index >= 15 is 0 Å². The molecule has 0 aromatic rings. The zero-order valence-corrected chi connectivity index (χ0v) is 10.9. The third-order valence-electron chi connectivity index (χ3n) is 2.88. The average Bonchev–Trinajstić information content (AvgIpc) is 2.59. The Morgan fingerprint density at radius 1 is 1.50 bits per heavy atom. The number of hydrogen-bond acceptors (Lipinski definition) is 5. The van der Waals surface area contributed by atoms with Crippen molar-refractivity contribution in [3.8, 4) is 0 Å². The van der Waals surface area contributed by atoms with Gasteiger partial charge in [0.2, 0.25) is 5.91 Å². The lowest BCUT2D eigenvalue weighted by molar-refractivity contribution is -0.128. The van der Waals surface area contributed by atoms with E-state index < -0.39 is 0 Å². The summed E-state index contributed by atoms with van der Waals surface area (Å²) < 4.78 is 4.82. The van der Waals surface area contributed by atoms with Gasteiger partial charge in [-0.3, -0.25) is 14.5 Å². The zero-order valence-electron chi connectivity index (χ0n) is 10.0. The van der Waals surface area contributed by atoms with E-state index in [-0.39, 0.29) is 29.0 Å². The maximum Gasteiger partial charge on any atom is 0.317 e.